The molecule has 0 spiro atoms. The average Bonchev–Trinajstić information content (AvgIpc) is 3.13. The van der Waals surface area contributed by atoms with Crippen LogP contribution in [-0.2, 0) is 30.7 Å². The number of carbonyl (C=O) groups excluding carboxylic acids is 2. The number of fused-ring (bicyclic) bond motifs is 1. The summed E-state index contributed by atoms with van der Waals surface area (Å²) in [5.74, 6) is -0.984. The van der Waals surface area contributed by atoms with Crippen LogP contribution in [0.2, 0.25) is 0 Å². The number of esters is 1. The van der Waals surface area contributed by atoms with Crippen LogP contribution < -0.4 is 14.3 Å². The summed E-state index contributed by atoms with van der Waals surface area (Å²) >= 11 is 1.17. The van der Waals surface area contributed by atoms with Crippen molar-refractivity contribution in [3.8, 4) is 11.5 Å². The van der Waals surface area contributed by atoms with Gasteiger partial charge < -0.3 is 18.8 Å². The first-order valence-electron chi connectivity index (χ1n) is 10.1. The van der Waals surface area contributed by atoms with Crippen molar-refractivity contribution < 1.29 is 36.6 Å². The van der Waals surface area contributed by atoms with Crippen molar-refractivity contribution >= 4 is 43.3 Å². The topological polar surface area (TPSA) is 113 Å². The molecule has 0 aliphatic heterocycles. The van der Waals surface area contributed by atoms with E-state index in [1.807, 2.05) is 0 Å². The molecule has 9 nitrogen and oxygen atoms in total. The van der Waals surface area contributed by atoms with Gasteiger partial charge in [-0.05, 0) is 30.7 Å². The van der Waals surface area contributed by atoms with Crippen molar-refractivity contribution in [1.82, 2.24) is 4.57 Å². The van der Waals surface area contributed by atoms with Crippen LogP contribution in [0.4, 0.5) is 4.39 Å². The molecule has 0 aliphatic carbocycles. The van der Waals surface area contributed by atoms with E-state index < -0.39 is 27.5 Å². The van der Waals surface area contributed by atoms with Crippen LogP contribution in [0.3, 0.4) is 0 Å². The number of nitrogens with zero attached hydrogens (tertiary/aromatic N) is 2. The second kappa shape index (κ2) is 10.8. The highest BCUT2D eigenvalue weighted by Gasteiger charge is 2.17. The summed E-state index contributed by atoms with van der Waals surface area (Å²) in [5.41, 5.74) is 0.596. The van der Waals surface area contributed by atoms with Gasteiger partial charge >= 0.3 is 5.97 Å². The summed E-state index contributed by atoms with van der Waals surface area (Å²) in [7, 11) is 0.570. The number of amides is 1. The normalized spacial score (nSPS) is 12.1. The Morgan fingerprint density at radius 3 is 2.32 bits per heavy atom. The van der Waals surface area contributed by atoms with Crippen LogP contribution in [0, 0.1) is 5.82 Å². The summed E-state index contributed by atoms with van der Waals surface area (Å²) in [4.78, 5) is 28.8. The van der Waals surface area contributed by atoms with Gasteiger partial charge in [0.15, 0.2) is 26.1 Å². The Morgan fingerprint density at radius 1 is 1.06 bits per heavy atom. The number of rotatable bonds is 9. The molecule has 182 valence electrons. The fraction of sp³-hybridized carbons (Fsp3) is 0.318. The number of sulfone groups is 1. The van der Waals surface area contributed by atoms with E-state index in [4.69, 9.17) is 14.2 Å². The maximum Gasteiger partial charge on any atom is 0.325 e. The van der Waals surface area contributed by atoms with E-state index in [9.17, 15) is 22.4 Å². The zero-order valence-corrected chi connectivity index (χ0v) is 20.4. The molecular weight excluding hydrogens is 487 g/mol. The lowest BCUT2D eigenvalue weighted by atomic mass is 10.3. The van der Waals surface area contributed by atoms with E-state index in [1.165, 1.54) is 49.4 Å². The van der Waals surface area contributed by atoms with E-state index >= 15 is 0 Å². The second-order valence-electron chi connectivity index (χ2n) is 7.10. The van der Waals surface area contributed by atoms with Crippen molar-refractivity contribution in [2.75, 3.05) is 27.1 Å². The highest BCUT2D eigenvalue weighted by atomic mass is 32.2. The van der Waals surface area contributed by atoms with E-state index in [2.05, 4.69) is 4.99 Å². The van der Waals surface area contributed by atoms with Gasteiger partial charge in [0.1, 0.15) is 12.4 Å². The second-order valence-corrected chi connectivity index (χ2v) is 10.2. The molecule has 1 heterocycles. The number of methoxy groups -OCH3 is 3. The molecule has 0 N–H and O–H groups in total. The van der Waals surface area contributed by atoms with Crippen molar-refractivity contribution in [2.24, 2.45) is 4.99 Å². The largest absolute Gasteiger partial charge is 0.493 e. The number of halogens is 1. The van der Waals surface area contributed by atoms with E-state index in [-0.39, 0.29) is 34.8 Å². The van der Waals surface area contributed by atoms with Crippen LogP contribution in [-0.4, -0.2) is 51.9 Å². The number of carbonyl (C=O) groups is 2. The summed E-state index contributed by atoms with van der Waals surface area (Å²) in [6.07, 6.45) is -0.0921. The third-order valence-corrected chi connectivity index (χ3v) is 7.76. The first-order chi connectivity index (χ1) is 16.2. The maximum atomic E-state index is 13.0. The minimum absolute atomic E-state index is 0.0124. The zero-order valence-electron chi connectivity index (χ0n) is 18.7. The number of thiazole rings is 1. The van der Waals surface area contributed by atoms with Crippen LogP contribution in [0.1, 0.15) is 12.8 Å². The molecule has 12 heteroatoms. The maximum absolute atomic E-state index is 13.0. The zero-order chi connectivity index (χ0) is 24.9. The van der Waals surface area contributed by atoms with Crippen LogP contribution in [0.25, 0.3) is 10.2 Å². The van der Waals surface area contributed by atoms with Gasteiger partial charge in [-0.15, -0.1) is 0 Å². The third kappa shape index (κ3) is 5.81. The van der Waals surface area contributed by atoms with Gasteiger partial charge in [-0.3, -0.25) is 9.59 Å². The summed E-state index contributed by atoms with van der Waals surface area (Å²) < 4.78 is 55.4. The Labute approximate surface area is 199 Å². The first-order valence-corrected chi connectivity index (χ1v) is 12.5. The van der Waals surface area contributed by atoms with Crippen LogP contribution in [0.15, 0.2) is 46.3 Å². The Morgan fingerprint density at radius 2 is 1.71 bits per heavy atom. The van der Waals surface area contributed by atoms with Gasteiger partial charge in [0.05, 0.1) is 42.2 Å². The van der Waals surface area contributed by atoms with Crippen LogP contribution >= 0.6 is 11.3 Å². The number of hydrogen-bond acceptors (Lipinski definition) is 8. The molecule has 3 aromatic rings. The molecular formula is C22H23FN2O7S2. The van der Waals surface area contributed by atoms with Gasteiger partial charge in [0.2, 0.25) is 5.91 Å². The monoisotopic (exact) mass is 510 g/mol. The Kier molecular flexibility index (Phi) is 8.05. The SMILES string of the molecule is COC(=O)Cn1c(=NC(=O)CCCS(=O)(=O)c2ccc(F)cc2)sc2cc(OC)c(OC)cc21. The predicted octanol–water partition coefficient (Wildman–Crippen LogP) is 2.71. The number of aromatic nitrogens is 1. The number of benzene rings is 2. The van der Waals surface area contributed by atoms with Crippen molar-refractivity contribution in [1.29, 1.82) is 0 Å². The van der Waals surface area contributed by atoms with Gasteiger partial charge in [-0.25, -0.2) is 12.8 Å². The number of hydrogen-bond donors (Lipinski definition) is 0. The van der Waals surface area contributed by atoms with Gasteiger partial charge in [0.25, 0.3) is 0 Å². The first kappa shape index (κ1) is 25.4. The lowest BCUT2D eigenvalue weighted by Gasteiger charge is -2.09. The molecule has 1 amide bonds. The van der Waals surface area contributed by atoms with Crippen molar-refractivity contribution in [2.45, 2.75) is 24.3 Å². The molecule has 0 radical (unpaired) electrons. The lowest BCUT2D eigenvalue weighted by molar-refractivity contribution is -0.141. The minimum Gasteiger partial charge on any atom is -0.493 e. The molecule has 2 aromatic carbocycles. The molecule has 0 saturated heterocycles. The highest BCUT2D eigenvalue weighted by molar-refractivity contribution is 7.91. The molecule has 0 saturated carbocycles. The summed E-state index contributed by atoms with van der Waals surface area (Å²) in [5, 5.41) is 0. The molecule has 0 bridgehead atoms. The number of ether oxygens (including phenoxy) is 3. The molecule has 0 atom stereocenters. The van der Waals surface area contributed by atoms with E-state index in [0.29, 0.717) is 21.7 Å². The summed E-state index contributed by atoms with van der Waals surface area (Å²) in [6, 6.07) is 7.90. The summed E-state index contributed by atoms with van der Waals surface area (Å²) in [6.45, 7) is -0.183. The highest BCUT2D eigenvalue weighted by Crippen LogP contribution is 2.33. The average molecular weight is 511 g/mol. The molecule has 1 aromatic heterocycles. The van der Waals surface area contributed by atoms with Gasteiger partial charge in [-0.2, -0.15) is 4.99 Å². The predicted molar refractivity (Wildman–Crippen MR) is 123 cm³/mol. The van der Waals surface area contributed by atoms with Gasteiger partial charge in [-0.1, -0.05) is 11.3 Å². The molecule has 3 rings (SSSR count). The minimum atomic E-state index is -3.66. The van der Waals surface area contributed by atoms with Crippen molar-refractivity contribution in [3.63, 3.8) is 0 Å². The van der Waals surface area contributed by atoms with E-state index in [0.717, 1.165) is 12.1 Å². The quantitative estimate of drug-likeness (QED) is 0.321. The Balaban J connectivity index is 1.86. The molecule has 34 heavy (non-hydrogen) atoms. The lowest BCUT2D eigenvalue weighted by Crippen LogP contribution is -2.22. The smallest absolute Gasteiger partial charge is 0.325 e. The van der Waals surface area contributed by atoms with Gasteiger partial charge in [0, 0.05) is 18.6 Å². The molecule has 0 fully saturated rings. The standard InChI is InChI=1S/C22H23FN2O7S2/c1-30-17-11-16-19(12-18(17)31-2)33-22(25(16)13-21(27)32-3)24-20(26)5-4-10-34(28,29)15-8-6-14(23)7-9-15/h6-9,11-12H,4-5,10,13H2,1-3H3. The van der Waals surface area contributed by atoms with Crippen LogP contribution in [0.5, 0.6) is 11.5 Å². The van der Waals surface area contributed by atoms with E-state index in [1.54, 1.807) is 12.1 Å². The molecule has 0 aliphatic rings. The third-order valence-electron chi connectivity index (χ3n) is 4.90. The van der Waals surface area contributed by atoms with Crippen molar-refractivity contribution in [3.05, 3.63) is 47.0 Å². The Hall–Kier alpha value is -3.25. The Bertz CT molecular complexity index is 1380. The fourth-order valence-electron chi connectivity index (χ4n) is 3.16. The molecule has 0 unspecified atom stereocenters. The fourth-order valence-corrected chi connectivity index (χ4v) is 5.53.